The van der Waals surface area contributed by atoms with Gasteiger partial charge in [-0.15, -0.1) is 0 Å². The molecule has 76 valence electrons. The Hall–Kier alpha value is -0.893. The van der Waals surface area contributed by atoms with Gasteiger partial charge in [0.15, 0.2) is 0 Å². The van der Waals surface area contributed by atoms with Crippen LogP contribution in [0.5, 0.6) is 0 Å². The van der Waals surface area contributed by atoms with Gasteiger partial charge in [0.05, 0.1) is 5.83 Å². The third-order valence-electron chi connectivity index (χ3n) is 2.76. The van der Waals surface area contributed by atoms with Crippen LogP contribution in [0, 0.1) is 0 Å². The van der Waals surface area contributed by atoms with Crippen molar-refractivity contribution in [3.8, 4) is 0 Å². The first-order valence-electron chi connectivity index (χ1n) is 5.01. The summed E-state index contributed by atoms with van der Waals surface area (Å²) >= 11 is 0. The van der Waals surface area contributed by atoms with Gasteiger partial charge >= 0.3 is 0 Å². The second-order valence-corrected chi connectivity index (χ2v) is 5.56. The van der Waals surface area contributed by atoms with E-state index in [0.717, 1.165) is 28.6 Å². The molecule has 0 aliphatic rings. The molecule has 0 amide bonds. The van der Waals surface area contributed by atoms with Crippen molar-refractivity contribution in [1.29, 1.82) is 0 Å². The minimum absolute atomic E-state index is 0.183. The number of allylic oxidation sites excluding steroid dienone is 1. The van der Waals surface area contributed by atoms with E-state index in [4.69, 9.17) is 0 Å². The quantitative estimate of drug-likeness (QED) is 0.667. The van der Waals surface area contributed by atoms with E-state index in [2.05, 4.69) is 13.5 Å². The van der Waals surface area contributed by atoms with Crippen LogP contribution in [0.4, 0.5) is 4.39 Å². The lowest BCUT2D eigenvalue weighted by molar-refractivity contribution is 0.480. The molecule has 0 aliphatic carbocycles. The van der Waals surface area contributed by atoms with Gasteiger partial charge in [0, 0.05) is 15.3 Å². The van der Waals surface area contributed by atoms with Crippen LogP contribution in [0.2, 0.25) is 0 Å². The third-order valence-corrected chi connectivity index (χ3v) is 4.38. The normalized spacial score (nSPS) is 15.0. The highest BCUT2D eigenvalue weighted by Crippen LogP contribution is 2.33. The second kappa shape index (κ2) is 4.56. The Morgan fingerprint density at radius 1 is 1.43 bits per heavy atom. The monoisotopic (exact) mass is 208 g/mol. The molecule has 0 N–H and O–H groups in total. The van der Waals surface area contributed by atoms with E-state index in [1.807, 2.05) is 30.3 Å². The van der Waals surface area contributed by atoms with Crippen LogP contribution in [-0.2, 0) is 5.04 Å². The number of benzene rings is 1. The molecular formula is C12H17FSi. The van der Waals surface area contributed by atoms with E-state index < -0.39 is 0 Å². The molecule has 0 nitrogen and oxygen atoms in total. The number of hydrogen-bond acceptors (Lipinski definition) is 0. The van der Waals surface area contributed by atoms with Gasteiger partial charge in [-0.1, -0.05) is 50.3 Å². The van der Waals surface area contributed by atoms with Crippen molar-refractivity contribution < 1.29 is 4.39 Å². The molecule has 1 rings (SSSR count). The highest BCUT2D eigenvalue weighted by molar-refractivity contribution is 6.17. The summed E-state index contributed by atoms with van der Waals surface area (Å²) in [4.78, 5) is 0. The topological polar surface area (TPSA) is 0 Å². The molecule has 0 heterocycles. The molecule has 0 bridgehead atoms. The summed E-state index contributed by atoms with van der Waals surface area (Å²) in [6.07, 6.45) is 1.85. The molecule has 2 heteroatoms. The standard InChI is InChI=1S/C12H17FSi/c1-3-9-12(14,10(2)13)11-7-5-4-6-8-11/h4-8H,2-3,9H2,1,14H3. The summed E-state index contributed by atoms with van der Waals surface area (Å²) in [7, 11) is 0.776. The Labute approximate surface area is 88.3 Å². The van der Waals surface area contributed by atoms with Gasteiger partial charge in [0.25, 0.3) is 0 Å². The summed E-state index contributed by atoms with van der Waals surface area (Å²) < 4.78 is 13.5. The zero-order chi connectivity index (χ0) is 10.6. The molecule has 1 atom stereocenters. The van der Waals surface area contributed by atoms with Crippen molar-refractivity contribution in [2.45, 2.75) is 24.8 Å². The van der Waals surface area contributed by atoms with Crippen molar-refractivity contribution in [3.05, 3.63) is 48.3 Å². The first-order valence-corrected chi connectivity index (χ1v) is 6.01. The molecule has 1 aromatic rings. The smallest absolute Gasteiger partial charge is 0.0995 e. The van der Waals surface area contributed by atoms with E-state index in [0.29, 0.717) is 0 Å². The largest absolute Gasteiger partial charge is 0.212 e. The Bertz CT molecular complexity index is 307. The summed E-state index contributed by atoms with van der Waals surface area (Å²) in [6.45, 7) is 5.57. The van der Waals surface area contributed by atoms with Crippen LogP contribution in [-0.4, -0.2) is 10.2 Å². The highest BCUT2D eigenvalue weighted by atomic mass is 28.1. The summed E-state index contributed by atoms with van der Waals surface area (Å²) in [6, 6.07) is 9.86. The van der Waals surface area contributed by atoms with Crippen molar-refractivity contribution in [3.63, 3.8) is 0 Å². The molecule has 0 saturated heterocycles. The number of hydrogen-bond donors (Lipinski definition) is 0. The zero-order valence-electron chi connectivity index (χ0n) is 8.89. The van der Waals surface area contributed by atoms with Gasteiger partial charge < -0.3 is 0 Å². The van der Waals surface area contributed by atoms with Gasteiger partial charge in [-0.3, -0.25) is 0 Å². The average molecular weight is 208 g/mol. The minimum Gasteiger partial charge on any atom is -0.212 e. The Morgan fingerprint density at radius 2 is 2.00 bits per heavy atom. The fourth-order valence-corrected chi connectivity index (χ4v) is 2.58. The van der Waals surface area contributed by atoms with E-state index >= 15 is 0 Å². The maximum atomic E-state index is 13.5. The van der Waals surface area contributed by atoms with Crippen LogP contribution < -0.4 is 0 Å². The highest BCUT2D eigenvalue weighted by Gasteiger charge is 2.29. The molecule has 1 unspecified atom stereocenters. The second-order valence-electron chi connectivity index (χ2n) is 3.85. The SMILES string of the molecule is C=C(F)C([SiH3])(CCC)c1ccccc1. The first kappa shape index (κ1) is 11.2. The summed E-state index contributed by atoms with van der Waals surface area (Å²) in [5, 5.41) is -0.379. The molecule has 0 radical (unpaired) electrons. The van der Waals surface area contributed by atoms with Gasteiger partial charge in [-0.25, -0.2) is 4.39 Å². The maximum absolute atomic E-state index is 13.5. The zero-order valence-corrected chi connectivity index (χ0v) is 10.9. The Balaban J connectivity index is 3.06. The number of halogens is 1. The molecule has 0 spiro atoms. The number of rotatable bonds is 4. The van der Waals surface area contributed by atoms with Crippen molar-refractivity contribution >= 4 is 10.2 Å². The van der Waals surface area contributed by atoms with Crippen LogP contribution in [0.15, 0.2) is 42.7 Å². The molecule has 0 aromatic heterocycles. The molecule has 14 heavy (non-hydrogen) atoms. The van der Waals surface area contributed by atoms with Crippen LogP contribution in [0.25, 0.3) is 0 Å². The van der Waals surface area contributed by atoms with Gasteiger partial charge in [0.1, 0.15) is 0 Å². The van der Waals surface area contributed by atoms with Gasteiger partial charge in [0.2, 0.25) is 0 Å². The first-order chi connectivity index (χ1) is 6.61. The van der Waals surface area contributed by atoms with Crippen molar-refractivity contribution in [2.24, 2.45) is 0 Å². The molecular weight excluding hydrogens is 191 g/mol. The van der Waals surface area contributed by atoms with E-state index in [-0.39, 0.29) is 10.9 Å². The van der Waals surface area contributed by atoms with Crippen LogP contribution in [0.1, 0.15) is 25.3 Å². The molecule has 0 aliphatic heterocycles. The van der Waals surface area contributed by atoms with E-state index in [1.54, 1.807) is 0 Å². The van der Waals surface area contributed by atoms with Crippen LogP contribution >= 0.6 is 0 Å². The minimum atomic E-state index is -0.379. The van der Waals surface area contributed by atoms with Gasteiger partial charge in [-0.05, 0) is 12.0 Å². The molecule has 0 saturated carbocycles. The predicted molar refractivity (Wildman–Crippen MR) is 63.2 cm³/mol. The Morgan fingerprint density at radius 3 is 2.43 bits per heavy atom. The third kappa shape index (κ3) is 2.12. The van der Waals surface area contributed by atoms with Crippen molar-refractivity contribution in [2.75, 3.05) is 0 Å². The Kier molecular flexibility index (Phi) is 3.64. The lowest BCUT2D eigenvalue weighted by Crippen LogP contribution is -2.26. The van der Waals surface area contributed by atoms with Gasteiger partial charge in [-0.2, -0.15) is 0 Å². The fourth-order valence-electron chi connectivity index (χ4n) is 1.74. The van der Waals surface area contributed by atoms with E-state index in [1.165, 1.54) is 0 Å². The lowest BCUT2D eigenvalue weighted by atomic mass is 9.92. The van der Waals surface area contributed by atoms with Crippen LogP contribution in [0.3, 0.4) is 0 Å². The summed E-state index contributed by atoms with van der Waals surface area (Å²) in [5.74, 6) is -0.183. The predicted octanol–water partition coefficient (Wildman–Crippen LogP) is 2.53. The lowest BCUT2D eigenvalue weighted by Gasteiger charge is -2.27. The van der Waals surface area contributed by atoms with E-state index in [9.17, 15) is 4.39 Å². The summed E-state index contributed by atoms with van der Waals surface area (Å²) in [5.41, 5.74) is 1.07. The fraction of sp³-hybridized carbons (Fsp3) is 0.333. The average Bonchev–Trinajstić information content (AvgIpc) is 2.19. The van der Waals surface area contributed by atoms with Crippen molar-refractivity contribution in [1.82, 2.24) is 0 Å². The molecule has 1 aromatic carbocycles. The maximum Gasteiger partial charge on any atom is 0.0995 e. The molecule has 0 fully saturated rings.